The standard InChI is InChI=1S/C39H78NO8P/c1-3-5-7-9-11-12-13-14-15-16-17-18-19-20-21-22-23-24-26-28-30-32-39(42)48-37(36-47-49(43,44)46-34-33-40)35-45-38(41)31-29-27-25-10-8-6-4-2/h37H,3-36,40H2,1-2H3,(H,43,44)/t37-/m1/s1. The topological polar surface area (TPSA) is 134 Å². The highest BCUT2D eigenvalue weighted by molar-refractivity contribution is 7.47. The molecule has 0 aromatic carbocycles. The second kappa shape index (κ2) is 36.8. The zero-order chi connectivity index (χ0) is 36.1. The number of nitrogens with two attached hydrogens (primary N) is 1. The Kier molecular flexibility index (Phi) is 36.0. The lowest BCUT2D eigenvalue weighted by Crippen LogP contribution is -2.29. The largest absolute Gasteiger partial charge is 0.472 e. The van der Waals surface area contributed by atoms with E-state index < -0.39 is 26.5 Å². The Hall–Kier alpha value is -0.990. The van der Waals surface area contributed by atoms with Crippen LogP contribution in [-0.2, 0) is 32.7 Å². The maximum Gasteiger partial charge on any atom is 0.472 e. The van der Waals surface area contributed by atoms with E-state index in [-0.39, 0.29) is 38.6 Å². The van der Waals surface area contributed by atoms with Gasteiger partial charge in [-0.25, -0.2) is 4.57 Å². The second-order valence-corrected chi connectivity index (χ2v) is 15.3. The average molecular weight is 720 g/mol. The number of phosphoric ester groups is 1. The fourth-order valence-electron chi connectivity index (χ4n) is 5.93. The Balaban J connectivity index is 3.98. The van der Waals surface area contributed by atoms with E-state index >= 15 is 0 Å². The van der Waals surface area contributed by atoms with Crippen molar-refractivity contribution in [2.24, 2.45) is 5.73 Å². The van der Waals surface area contributed by atoms with Gasteiger partial charge in [-0.15, -0.1) is 0 Å². The molecule has 0 aliphatic rings. The van der Waals surface area contributed by atoms with Crippen molar-refractivity contribution in [3.05, 3.63) is 0 Å². The molecule has 0 amide bonds. The van der Waals surface area contributed by atoms with Gasteiger partial charge in [0.2, 0.25) is 0 Å². The highest BCUT2D eigenvalue weighted by atomic mass is 31.2. The first-order valence-electron chi connectivity index (χ1n) is 20.5. The Morgan fingerprint density at radius 3 is 1.24 bits per heavy atom. The van der Waals surface area contributed by atoms with Crippen LogP contribution in [0.25, 0.3) is 0 Å². The summed E-state index contributed by atoms with van der Waals surface area (Å²) in [6, 6.07) is 0. The van der Waals surface area contributed by atoms with Crippen LogP contribution in [0.15, 0.2) is 0 Å². The minimum Gasteiger partial charge on any atom is -0.462 e. The van der Waals surface area contributed by atoms with Gasteiger partial charge in [0.05, 0.1) is 13.2 Å². The molecule has 9 nitrogen and oxygen atoms in total. The van der Waals surface area contributed by atoms with Crippen molar-refractivity contribution in [2.45, 2.75) is 213 Å². The molecular formula is C39H78NO8P. The maximum atomic E-state index is 12.5. The molecule has 0 spiro atoms. The van der Waals surface area contributed by atoms with Crippen molar-refractivity contribution in [3.8, 4) is 0 Å². The maximum absolute atomic E-state index is 12.5. The van der Waals surface area contributed by atoms with E-state index in [0.717, 1.165) is 32.1 Å². The van der Waals surface area contributed by atoms with Crippen LogP contribution in [0.5, 0.6) is 0 Å². The lowest BCUT2D eigenvalue weighted by molar-refractivity contribution is -0.161. The minimum absolute atomic E-state index is 0.0576. The van der Waals surface area contributed by atoms with Gasteiger partial charge in [0.25, 0.3) is 0 Å². The Morgan fingerprint density at radius 1 is 0.531 bits per heavy atom. The third kappa shape index (κ3) is 36.6. The first kappa shape index (κ1) is 48.0. The number of esters is 2. The molecule has 10 heteroatoms. The first-order valence-corrected chi connectivity index (χ1v) is 22.0. The predicted molar refractivity (Wildman–Crippen MR) is 201 cm³/mol. The van der Waals surface area contributed by atoms with Gasteiger partial charge in [-0.2, -0.15) is 0 Å². The number of rotatable bonds is 39. The summed E-state index contributed by atoms with van der Waals surface area (Å²) in [5, 5.41) is 0. The minimum atomic E-state index is -4.36. The van der Waals surface area contributed by atoms with Crippen molar-refractivity contribution >= 4 is 19.8 Å². The molecule has 0 aliphatic carbocycles. The summed E-state index contributed by atoms with van der Waals surface area (Å²) in [5.41, 5.74) is 5.33. The predicted octanol–water partition coefficient (Wildman–Crippen LogP) is 11.3. The number of hydrogen-bond donors (Lipinski definition) is 2. The molecule has 3 N–H and O–H groups in total. The molecule has 1 unspecified atom stereocenters. The molecule has 0 rings (SSSR count). The summed E-state index contributed by atoms with van der Waals surface area (Å²) in [6.45, 7) is 3.71. The number of unbranched alkanes of at least 4 members (excludes halogenated alkanes) is 26. The summed E-state index contributed by atoms with van der Waals surface area (Å²) in [7, 11) is -4.36. The fraction of sp³-hybridized carbons (Fsp3) is 0.949. The molecule has 0 radical (unpaired) electrons. The van der Waals surface area contributed by atoms with Crippen LogP contribution >= 0.6 is 7.82 Å². The van der Waals surface area contributed by atoms with Gasteiger partial charge in [-0.1, -0.05) is 181 Å². The van der Waals surface area contributed by atoms with Gasteiger partial charge < -0.3 is 20.1 Å². The quantitative estimate of drug-likeness (QED) is 0.0361. The van der Waals surface area contributed by atoms with Gasteiger partial charge in [0.1, 0.15) is 6.61 Å². The third-order valence-corrected chi connectivity index (χ3v) is 9.98. The van der Waals surface area contributed by atoms with E-state index in [1.54, 1.807) is 0 Å². The highest BCUT2D eigenvalue weighted by Gasteiger charge is 2.26. The molecule has 0 heterocycles. The molecule has 0 fully saturated rings. The van der Waals surface area contributed by atoms with E-state index in [9.17, 15) is 19.0 Å². The number of phosphoric acid groups is 1. The van der Waals surface area contributed by atoms with Crippen LogP contribution in [-0.4, -0.2) is 49.3 Å². The van der Waals surface area contributed by atoms with Crippen LogP contribution in [0.4, 0.5) is 0 Å². The van der Waals surface area contributed by atoms with E-state index in [4.69, 9.17) is 24.3 Å². The SMILES string of the molecule is CCCCCCCCCCCCCCCCCCCCCCCC(=O)O[C@H](COC(=O)CCCCCCCCC)COP(=O)(O)OCCN. The molecule has 0 bridgehead atoms. The van der Waals surface area contributed by atoms with Crippen molar-refractivity contribution in [3.63, 3.8) is 0 Å². The summed E-state index contributed by atoms with van der Waals surface area (Å²) in [5.74, 6) is -0.823. The molecule has 0 aromatic rings. The lowest BCUT2D eigenvalue weighted by atomic mass is 10.0. The normalized spacial score (nSPS) is 13.3. The molecule has 0 aromatic heterocycles. The van der Waals surface area contributed by atoms with Crippen LogP contribution in [0.2, 0.25) is 0 Å². The first-order chi connectivity index (χ1) is 23.8. The number of ether oxygens (including phenoxy) is 2. The van der Waals surface area contributed by atoms with Gasteiger partial charge in [0.15, 0.2) is 6.10 Å². The molecule has 49 heavy (non-hydrogen) atoms. The average Bonchev–Trinajstić information content (AvgIpc) is 3.08. The lowest BCUT2D eigenvalue weighted by Gasteiger charge is -2.19. The summed E-state index contributed by atoms with van der Waals surface area (Å²) in [4.78, 5) is 34.6. The van der Waals surface area contributed by atoms with Crippen molar-refractivity contribution in [2.75, 3.05) is 26.4 Å². The highest BCUT2D eigenvalue weighted by Crippen LogP contribution is 2.43. The molecule has 292 valence electrons. The summed E-state index contributed by atoms with van der Waals surface area (Å²) < 4.78 is 32.6. The molecule has 0 saturated heterocycles. The smallest absolute Gasteiger partial charge is 0.462 e. The van der Waals surface area contributed by atoms with Gasteiger partial charge in [-0.3, -0.25) is 18.6 Å². The van der Waals surface area contributed by atoms with Crippen molar-refractivity contribution in [1.29, 1.82) is 0 Å². The van der Waals surface area contributed by atoms with Crippen molar-refractivity contribution < 1.29 is 37.6 Å². The number of carbonyl (C=O) groups is 2. The number of carbonyl (C=O) groups excluding carboxylic acids is 2. The van der Waals surface area contributed by atoms with Gasteiger partial charge >= 0.3 is 19.8 Å². The Morgan fingerprint density at radius 2 is 0.878 bits per heavy atom. The van der Waals surface area contributed by atoms with Crippen LogP contribution in [0, 0.1) is 0 Å². The second-order valence-electron chi connectivity index (χ2n) is 13.9. The van der Waals surface area contributed by atoms with E-state index in [1.165, 1.54) is 141 Å². The van der Waals surface area contributed by atoms with E-state index in [0.29, 0.717) is 6.42 Å². The van der Waals surface area contributed by atoms with Crippen LogP contribution in [0.1, 0.15) is 206 Å². The molecular weight excluding hydrogens is 641 g/mol. The van der Waals surface area contributed by atoms with Crippen molar-refractivity contribution in [1.82, 2.24) is 0 Å². The third-order valence-electron chi connectivity index (χ3n) is 8.99. The van der Waals surface area contributed by atoms with E-state index in [1.807, 2.05) is 0 Å². The Bertz CT molecular complexity index is 784. The Labute approximate surface area is 301 Å². The van der Waals surface area contributed by atoms with Crippen LogP contribution < -0.4 is 5.73 Å². The zero-order valence-electron chi connectivity index (χ0n) is 31.9. The fourth-order valence-corrected chi connectivity index (χ4v) is 6.69. The molecule has 0 saturated carbocycles. The zero-order valence-corrected chi connectivity index (χ0v) is 32.8. The summed E-state index contributed by atoms with van der Waals surface area (Å²) in [6.07, 6.45) is 34.5. The van der Waals surface area contributed by atoms with Gasteiger partial charge in [0, 0.05) is 19.4 Å². The van der Waals surface area contributed by atoms with E-state index in [2.05, 4.69) is 13.8 Å². The molecule has 2 atom stereocenters. The number of hydrogen-bond acceptors (Lipinski definition) is 8. The van der Waals surface area contributed by atoms with Crippen LogP contribution in [0.3, 0.4) is 0 Å². The van der Waals surface area contributed by atoms with Gasteiger partial charge in [-0.05, 0) is 12.8 Å². The monoisotopic (exact) mass is 720 g/mol. The summed E-state index contributed by atoms with van der Waals surface area (Å²) >= 11 is 0. The molecule has 0 aliphatic heterocycles.